The average molecular weight is 150 g/mol. The zero-order valence-corrected chi connectivity index (χ0v) is 7.60. The lowest BCUT2D eigenvalue weighted by Gasteiger charge is -2.04. The molecule has 0 aliphatic rings. The fraction of sp³-hybridized carbons (Fsp3) is 0.556. The molecule has 60 valence electrons. The van der Waals surface area contributed by atoms with Crippen molar-refractivity contribution in [3.8, 4) is 0 Å². The summed E-state index contributed by atoms with van der Waals surface area (Å²) in [5.41, 5.74) is 4.27. The van der Waals surface area contributed by atoms with E-state index in [0.29, 0.717) is 0 Å². The average Bonchev–Trinajstić information content (AvgIpc) is 1.97. The van der Waals surface area contributed by atoms with Crippen LogP contribution in [0.15, 0.2) is 0 Å². The van der Waals surface area contributed by atoms with Gasteiger partial charge in [0, 0.05) is 0 Å². The van der Waals surface area contributed by atoms with E-state index in [1.54, 1.807) is 0 Å². The molecule has 0 saturated heterocycles. The molecule has 11 heavy (non-hydrogen) atoms. The van der Waals surface area contributed by atoms with Crippen LogP contribution in [0, 0.1) is 20.8 Å². The van der Waals surface area contributed by atoms with Crippen LogP contribution in [-0.4, -0.2) is 9.97 Å². The van der Waals surface area contributed by atoms with E-state index in [1.165, 1.54) is 0 Å². The van der Waals surface area contributed by atoms with Gasteiger partial charge in [-0.1, -0.05) is 6.92 Å². The van der Waals surface area contributed by atoms with Crippen LogP contribution in [-0.2, 0) is 6.42 Å². The van der Waals surface area contributed by atoms with Gasteiger partial charge in [0.1, 0.15) is 0 Å². The van der Waals surface area contributed by atoms with Gasteiger partial charge in [-0.25, -0.2) is 0 Å². The molecule has 1 heterocycles. The number of rotatable bonds is 1. The molecule has 2 heteroatoms. The van der Waals surface area contributed by atoms with E-state index in [1.807, 2.05) is 20.8 Å². The molecule has 0 saturated carbocycles. The van der Waals surface area contributed by atoms with Crippen molar-refractivity contribution in [1.29, 1.82) is 0 Å². The van der Waals surface area contributed by atoms with E-state index in [2.05, 4.69) is 16.9 Å². The summed E-state index contributed by atoms with van der Waals surface area (Å²) >= 11 is 0. The lowest BCUT2D eigenvalue weighted by atomic mass is 10.2. The molecular weight excluding hydrogens is 136 g/mol. The van der Waals surface area contributed by atoms with Gasteiger partial charge in [0.25, 0.3) is 0 Å². The largest absolute Gasteiger partial charge is 0.255 e. The molecule has 0 radical (unpaired) electrons. The summed E-state index contributed by atoms with van der Waals surface area (Å²) in [5, 5.41) is 0. The van der Waals surface area contributed by atoms with Crippen LogP contribution in [0.4, 0.5) is 0 Å². The van der Waals surface area contributed by atoms with E-state index < -0.39 is 0 Å². The monoisotopic (exact) mass is 150 g/mol. The molecule has 0 aliphatic heterocycles. The third-order valence-corrected chi connectivity index (χ3v) is 1.91. The first-order valence-electron chi connectivity index (χ1n) is 3.96. The molecule has 0 bridgehead atoms. The van der Waals surface area contributed by atoms with Gasteiger partial charge in [0.2, 0.25) is 0 Å². The molecule has 1 rings (SSSR count). The highest BCUT2D eigenvalue weighted by molar-refractivity contribution is 5.17. The summed E-state index contributed by atoms with van der Waals surface area (Å²) in [4.78, 5) is 8.81. The molecule has 0 aromatic carbocycles. The van der Waals surface area contributed by atoms with Gasteiger partial charge in [-0.3, -0.25) is 9.97 Å². The minimum atomic E-state index is 0.972. The molecule has 0 N–H and O–H groups in total. The first-order chi connectivity index (χ1) is 5.15. The smallest absolute Gasteiger partial charge is 0.0616 e. The van der Waals surface area contributed by atoms with Gasteiger partial charge in [-0.2, -0.15) is 0 Å². The van der Waals surface area contributed by atoms with Gasteiger partial charge >= 0.3 is 0 Å². The molecule has 0 aliphatic carbocycles. The van der Waals surface area contributed by atoms with Crippen LogP contribution in [0.25, 0.3) is 0 Å². The van der Waals surface area contributed by atoms with Crippen molar-refractivity contribution < 1.29 is 0 Å². The van der Waals surface area contributed by atoms with Crippen LogP contribution >= 0.6 is 0 Å². The van der Waals surface area contributed by atoms with Crippen LogP contribution in [0.2, 0.25) is 0 Å². The number of hydrogen-bond donors (Lipinski definition) is 0. The third-order valence-electron chi connectivity index (χ3n) is 1.91. The summed E-state index contributed by atoms with van der Waals surface area (Å²) in [7, 11) is 0. The number of aromatic nitrogens is 2. The van der Waals surface area contributed by atoms with Crippen LogP contribution in [0.5, 0.6) is 0 Å². The third kappa shape index (κ3) is 1.56. The summed E-state index contributed by atoms with van der Waals surface area (Å²) in [5.74, 6) is 0. The van der Waals surface area contributed by atoms with Crippen molar-refractivity contribution in [2.24, 2.45) is 0 Å². The fourth-order valence-corrected chi connectivity index (χ4v) is 1.10. The second-order valence-corrected chi connectivity index (χ2v) is 2.78. The summed E-state index contributed by atoms with van der Waals surface area (Å²) < 4.78 is 0. The van der Waals surface area contributed by atoms with Gasteiger partial charge in [0.05, 0.1) is 22.8 Å². The van der Waals surface area contributed by atoms with Crippen molar-refractivity contribution in [2.45, 2.75) is 34.1 Å². The van der Waals surface area contributed by atoms with E-state index >= 15 is 0 Å². The molecule has 2 nitrogen and oxygen atoms in total. The predicted molar refractivity (Wildman–Crippen MR) is 45.6 cm³/mol. The SMILES string of the molecule is CCc1nc(C)c(C)nc1C. The highest BCUT2D eigenvalue weighted by Gasteiger charge is 2.01. The Morgan fingerprint density at radius 3 is 2.00 bits per heavy atom. The Morgan fingerprint density at radius 2 is 1.45 bits per heavy atom. The fourth-order valence-electron chi connectivity index (χ4n) is 1.10. The quantitative estimate of drug-likeness (QED) is 0.611. The first-order valence-corrected chi connectivity index (χ1v) is 3.96. The maximum atomic E-state index is 4.43. The van der Waals surface area contributed by atoms with Crippen molar-refractivity contribution in [1.82, 2.24) is 9.97 Å². The molecule has 1 aromatic heterocycles. The zero-order valence-electron chi connectivity index (χ0n) is 7.60. The second kappa shape index (κ2) is 2.99. The van der Waals surface area contributed by atoms with Crippen LogP contribution in [0.3, 0.4) is 0 Å². The maximum absolute atomic E-state index is 4.43. The lowest BCUT2D eigenvalue weighted by molar-refractivity contribution is 0.904. The zero-order chi connectivity index (χ0) is 8.43. The number of nitrogens with zero attached hydrogens (tertiary/aromatic N) is 2. The molecule has 0 fully saturated rings. The second-order valence-electron chi connectivity index (χ2n) is 2.78. The topological polar surface area (TPSA) is 25.8 Å². The van der Waals surface area contributed by atoms with Crippen molar-refractivity contribution >= 4 is 0 Å². The Balaban J connectivity index is 3.21. The Labute approximate surface area is 67.7 Å². The summed E-state index contributed by atoms with van der Waals surface area (Å²) in [6.45, 7) is 8.11. The minimum absolute atomic E-state index is 0.972. The van der Waals surface area contributed by atoms with Gasteiger partial charge < -0.3 is 0 Å². The Morgan fingerprint density at radius 1 is 0.909 bits per heavy atom. The molecule has 0 atom stereocenters. The lowest BCUT2D eigenvalue weighted by Crippen LogP contribution is -2.00. The van der Waals surface area contributed by atoms with Crippen molar-refractivity contribution in [3.05, 3.63) is 22.8 Å². The van der Waals surface area contributed by atoms with Gasteiger partial charge in [0.15, 0.2) is 0 Å². The minimum Gasteiger partial charge on any atom is -0.255 e. The van der Waals surface area contributed by atoms with Crippen LogP contribution < -0.4 is 0 Å². The highest BCUT2D eigenvalue weighted by atomic mass is 14.8. The van der Waals surface area contributed by atoms with E-state index in [4.69, 9.17) is 0 Å². The molecule has 0 unspecified atom stereocenters. The van der Waals surface area contributed by atoms with Gasteiger partial charge in [-0.15, -0.1) is 0 Å². The van der Waals surface area contributed by atoms with Crippen LogP contribution in [0.1, 0.15) is 29.7 Å². The standard InChI is InChI=1S/C9H14N2/c1-5-9-8(4)10-6(2)7(3)11-9/h5H2,1-4H3. The normalized spacial score (nSPS) is 10.2. The molecule has 0 amide bonds. The molecular formula is C9H14N2. The van der Waals surface area contributed by atoms with Crippen molar-refractivity contribution in [3.63, 3.8) is 0 Å². The van der Waals surface area contributed by atoms with E-state index in [9.17, 15) is 0 Å². The van der Waals surface area contributed by atoms with E-state index in [0.717, 1.165) is 29.2 Å². The van der Waals surface area contributed by atoms with Crippen molar-refractivity contribution in [2.75, 3.05) is 0 Å². The Bertz CT molecular complexity index is 267. The maximum Gasteiger partial charge on any atom is 0.0616 e. The number of hydrogen-bond acceptors (Lipinski definition) is 2. The molecule has 1 aromatic rings. The first kappa shape index (κ1) is 8.18. The van der Waals surface area contributed by atoms with Gasteiger partial charge in [-0.05, 0) is 27.2 Å². The van der Waals surface area contributed by atoms with E-state index in [-0.39, 0.29) is 0 Å². The molecule has 0 spiro atoms. The summed E-state index contributed by atoms with van der Waals surface area (Å²) in [6, 6.07) is 0. The Hall–Kier alpha value is -0.920. The highest BCUT2D eigenvalue weighted by Crippen LogP contribution is 2.06. The summed E-state index contributed by atoms with van der Waals surface area (Å²) in [6.07, 6.45) is 0.972. The number of aryl methyl sites for hydroxylation is 4. The predicted octanol–water partition coefficient (Wildman–Crippen LogP) is 1.96. The Kier molecular flexibility index (Phi) is 2.22.